The van der Waals surface area contributed by atoms with Gasteiger partial charge in [-0.05, 0) is 74.7 Å². The summed E-state index contributed by atoms with van der Waals surface area (Å²) in [6.45, 7) is 5.01. The van der Waals surface area contributed by atoms with Crippen LogP contribution in [0.5, 0.6) is 5.75 Å². The van der Waals surface area contributed by atoms with Crippen molar-refractivity contribution in [3.05, 3.63) is 65.9 Å². The second-order valence-corrected chi connectivity index (χ2v) is 7.81. The first-order valence-corrected chi connectivity index (χ1v) is 10.6. The van der Waals surface area contributed by atoms with Crippen LogP contribution in [0.2, 0.25) is 0 Å². The van der Waals surface area contributed by atoms with Gasteiger partial charge < -0.3 is 21.1 Å². The lowest BCUT2D eigenvalue weighted by molar-refractivity contribution is 0.475. The Hall–Kier alpha value is -3.12. The highest BCUT2D eigenvalue weighted by Crippen LogP contribution is 2.26. The summed E-state index contributed by atoms with van der Waals surface area (Å²) >= 11 is 0. The number of hydrogen-bond acceptors (Lipinski definition) is 6. The van der Waals surface area contributed by atoms with Crippen LogP contribution in [0.25, 0.3) is 11.3 Å². The summed E-state index contributed by atoms with van der Waals surface area (Å²) in [6.07, 6.45) is 4.92. The summed E-state index contributed by atoms with van der Waals surface area (Å²) < 4.78 is 0. The largest absolute Gasteiger partial charge is 0.508 e. The Labute approximate surface area is 177 Å². The van der Waals surface area contributed by atoms with Crippen molar-refractivity contribution in [3.8, 4) is 17.0 Å². The van der Waals surface area contributed by atoms with Gasteiger partial charge in [0.1, 0.15) is 5.75 Å². The fraction of sp³-hybridized carbons (Fsp3) is 0.333. The zero-order chi connectivity index (χ0) is 20.8. The van der Waals surface area contributed by atoms with Crippen LogP contribution >= 0.6 is 0 Å². The Bertz CT molecular complexity index is 968. The molecule has 1 fully saturated rings. The third-order valence-electron chi connectivity index (χ3n) is 5.52. The van der Waals surface area contributed by atoms with Crippen molar-refractivity contribution in [2.75, 3.05) is 30.3 Å². The van der Waals surface area contributed by atoms with Crippen molar-refractivity contribution < 1.29 is 5.11 Å². The number of benzene rings is 2. The Kier molecular flexibility index (Phi) is 6.44. The molecule has 1 aromatic heterocycles. The average Bonchev–Trinajstić information content (AvgIpc) is 2.78. The first kappa shape index (κ1) is 20.2. The number of phenols is 1. The van der Waals surface area contributed by atoms with E-state index in [1.54, 1.807) is 18.3 Å². The Morgan fingerprint density at radius 1 is 1.07 bits per heavy atom. The van der Waals surface area contributed by atoms with Crippen molar-refractivity contribution >= 4 is 11.6 Å². The molecule has 0 radical (unpaired) electrons. The van der Waals surface area contributed by atoms with Gasteiger partial charge in [0.25, 0.3) is 0 Å². The maximum Gasteiger partial charge on any atom is 0.223 e. The number of nitrogens with zero attached hydrogens (tertiary/aromatic N) is 2. The van der Waals surface area contributed by atoms with Crippen molar-refractivity contribution in [2.45, 2.75) is 32.2 Å². The predicted molar refractivity (Wildman–Crippen MR) is 122 cm³/mol. The summed E-state index contributed by atoms with van der Waals surface area (Å²) in [5.41, 5.74) is 5.58. The number of aryl methyl sites for hydroxylation is 1. The minimum atomic E-state index is 0.287. The van der Waals surface area contributed by atoms with Gasteiger partial charge in [0.15, 0.2) is 0 Å². The van der Waals surface area contributed by atoms with Gasteiger partial charge in [-0.3, -0.25) is 0 Å². The Balaban J connectivity index is 1.42. The summed E-state index contributed by atoms with van der Waals surface area (Å²) in [5, 5.41) is 19.8. The fourth-order valence-electron chi connectivity index (χ4n) is 3.71. The number of phenolic OH excluding ortho intramolecular Hbond substituents is 1. The molecular formula is C24H29N5O. The van der Waals surface area contributed by atoms with Gasteiger partial charge in [0.05, 0.1) is 5.69 Å². The highest BCUT2D eigenvalue weighted by Gasteiger charge is 2.14. The minimum Gasteiger partial charge on any atom is -0.508 e. The molecule has 0 bridgehead atoms. The molecule has 0 saturated carbocycles. The van der Waals surface area contributed by atoms with E-state index in [2.05, 4.69) is 46.1 Å². The number of rotatable bonds is 7. The van der Waals surface area contributed by atoms with E-state index in [0.29, 0.717) is 12.0 Å². The smallest absolute Gasteiger partial charge is 0.223 e. The number of aromatic nitrogens is 2. The number of nitrogens with one attached hydrogen (secondary N) is 3. The van der Waals surface area contributed by atoms with Crippen molar-refractivity contribution in [3.63, 3.8) is 0 Å². The van der Waals surface area contributed by atoms with Gasteiger partial charge in [0, 0.05) is 30.0 Å². The SMILES string of the molecule is Cc1ccc(-c2ccnc(NCCc3ccc(O)cc3)n2)cc1NC1CCNCC1. The molecule has 30 heavy (non-hydrogen) atoms. The van der Waals surface area contributed by atoms with E-state index < -0.39 is 0 Å². The van der Waals surface area contributed by atoms with E-state index in [0.717, 1.165) is 55.7 Å². The maximum absolute atomic E-state index is 9.38. The van der Waals surface area contributed by atoms with Crippen molar-refractivity contribution in [2.24, 2.45) is 0 Å². The monoisotopic (exact) mass is 403 g/mol. The minimum absolute atomic E-state index is 0.287. The third kappa shape index (κ3) is 5.27. The van der Waals surface area contributed by atoms with Crippen LogP contribution in [0, 0.1) is 6.92 Å². The van der Waals surface area contributed by atoms with Gasteiger partial charge in [-0.1, -0.05) is 24.3 Å². The molecule has 6 heteroatoms. The zero-order valence-corrected chi connectivity index (χ0v) is 17.4. The van der Waals surface area contributed by atoms with Gasteiger partial charge in [-0.25, -0.2) is 9.97 Å². The Morgan fingerprint density at radius 2 is 1.87 bits per heavy atom. The quantitative estimate of drug-likeness (QED) is 0.478. The molecule has 0 aliphatic carbocycles. The van der Waals surface area contributed by atoms with Crippen molar-refractivity contribution in [1.82, 2.24) is 15.3 Å². The van der Waals surface area contributed by atoms with Gasteiger partial charge in [-0.15, -0.1) is 0 Å². The molecule has 4 rings (SSSR count). The van der Waals surface area contributed by atoms with Crippen LogP contribution in [-0.2, 0) is 6.42 Å². The summed E-state index contributed by atoms with van der Waals surface area (Å²) in [4.78, 5) is 9.06. The molecule has 2 aromatic carbocycles. The second-order valence-electron chi connectivity index (χ2n) is 7.81. The van der Waals surface area contributed by atoms with Gasteiger partial charge in [-0.2, -0.15) is 0 Å². The molecule has 3 aromatic rings. The third-order valence-corrected chi connectivity index (χ3v) is 5.52. The van der Waals surface area contributed by atoms with E-state index in [-0.39, 0.29) is 5.75 Å². The van der Waals surface area contributed by atoms with Crippen molar-refractivity contribution in [1.29, 1.82) is 0 Å². The first-order chi connectivity index (χ1) is 14.7. The summed E-state index contributed by atoms with van der Waals surface area (Å²) in [6, 6.07) is 16.2. The maximum atomic E-state index is 9.38. The van der Waals surface area contributed by atoms with Crippen LogP contribution < -0.4 is 16.0 Å². The second kappa shape index (κ2) is 9.59. The van der Waals surface area contributed by atoms with Crippen LogP contribution in [-0.4, -0.2) is 40.8 Å². The molecule has 0 spiro atoms. The molecule has 1 saturated heterocycles. The summed E-state index contributed by atoms with van der Waals surface area (Å²) in [7, 11) is 0. The Morgan fingerprint density at radius 3 is 2.67 bits per heavy atom. The lowest BCUT2D eigenvalue weighted by Crippen LogP contribution is -2.35. The molecule has 4 N–H and O–H groups in total. The fourth-order valence-corrected chi connectivity index (χ4v) is 3.71. The van der Waals surface area contributed by atoms with Gasteiger partial charge in [0.2, 0.25) is 5.95 Å². The van der Waals surface area contributed by atoms with E-state index in [9.17, 15) is 5.11 Å². The molecule has 0 atom stereocenters. The van der Waals surface area contributed by atoms with E-state index in [1.807, 2.05) is 18.2 Å². The van der Waals surface area contributed by atoms with Crippen LogP contribution in [0.4, 0.5) is 11.6 Å². The molecular weight excluding hydrogens is 374 g/mol. The average molecular weight is 404 g/mol. The lowest BCUT2D eigenvalue weighted by atomic mass is 10.0. The van der Waals surface area contributed by atoms with E-state index in [1.165, 1.54) is 11.3 Å². The first-order valence-electron chi connectivity index (χ1n) is 10.6. The summed E-state index contributed by atoms with van der Waals surface area (Å²) in [5.74, 6) is 0.912. The van der Waals surface area contributed by atoms with E-state index in [4.69, 9.17) is 4.98 Å². The zero-order valence-electron chi connectivity index (χ0n) is 17.4. The van der Waals surface area contributed by atoms with Crippen LogP contribution in [0.3, 0.4) is 0 Å². The standard InChI is InChI=1S/C24H29N5O/c1-17-2-5-19(16-23(17)28-20-9-12-25-13-10-20)22-11-15-27-24(29-22)26-14-8-18-3-6-21(30)7-4-18/h2-7,11,15-16,20,25,28,30H,8-10,12-14H2,1H3,(H,26,27,29). The molecule has 156 valence electrons. The van der Waals surface area contributed by atoms with E-state index >= 15 is 0 Å². The number of aromatic hydroxyl groups is 1. The normalized spacial score (nSPS) is 14.4. The molecule has 0 unspecified atom stereocenters. The lowest BCUT2D eigenvalue weighted by Gasteiger charge is -2.25. The number of anilines is 2. The molecule has 1 aliphatic heterocycles. The van der Waals surface area contributed by atoms with Crippen LogP contribution in [0.1, 0.15) is 24.0 Å². The highest BCUT2D eigenvalue weighted by atomic mass is 16.3. The van der Waals surface area contributed by atoms with Gasteiger partial charge >= 0.3 is 0 Å². The predicted octanol–water partition coefficient (Wildman–Crippen LogP) is 3.98. The number of piperidine rings is 1. The van der Waals surface area contributed by atoms with Crippen LogP contribution in [0.15, 0.2) is 54.7 Å². The topological polar surface area (TPSA) is 82.1 Å². The highest BCUT2D eigenvalue weighted by molar-refractivity contribution is 5.68. The molecule has 1 aliphatic rings. The molecule has 6 nitrogen and oxygen atoms in total. The molecule has 0 amide bonds. The molecule has 2 heterocycles. The number of hydrogen-bond donors (Lipinski definition) is 4.